The number of likely N-dealkylation sites (tertiary alicyclic amines) is 1. The quantitative estimate of drug-likeness (QED) is 0.859. The number of hydrogen-bond acceptors (Lipinski definition) is 3. The van der Waals surface area contributed by atoms with Gasteiger partial charge in [0, 0.05) is 32.1 Å². The van der Waals surface area contributed by atoms with Crippen LogP contribution in [0.1, 0.15) is 32.6 Å². The monoisotopic (exact) mass is 348 g/mol. The first-order valence-electron chi connectivity index (χ1n) is 8.94. The van der Waals surface area contributed by atoms with Gasteiger partial charge in [0.1, 0.15) is 11.6 Å². The molecule has 1 N–H and O–H groups in total. The summed E-state index contributed by atoms with van der Waals surface area (Å²) < 4.78 is 18.5. The Balaban J connectivity index is 1.36. The second kappa shape index (κ2) is 7.85. The van der Waals surface area contributed by atoms with Gasteiger partial charge in [-0.05, 0) is 43.2 Å². The SMILES string of the molecule is CC(=O)NC1CC(C2CCN(C(=O)CCOc3cccc(F)c3)C2)C1. The van der Waals surface area contributed by atoms with Crippen LogP contribution in [-0.2, 0) is 9.59 Å². The minimum Gasteiger partial charge on any atom is -0.493 e. The Kier molecular flexibility index (Phi) is 5.56. The minimum atomic E-state index is -0.343. The third-order valence-electron chi connectivity index (χ3n) is 5.21. The molecule has 3 rings (SSSR count). The van der Waals surface area contributed by atoms with Crippen molar-refractivity contribution < 1.29 is 18.7 Å². The molecule has 1 aromatic rings. The second-order valence-corrected chi connectivity index (χ2v) is 7.07. The van der Waals surface area contributed by atoms with Crippen LogP contribution >= 0.6 is 0 Å². The van der Waals surface area contributed by atoms with Crippen molar-refractivity contribution in [3.63, 3.8) is 0 Å². The minimum absolute atomic E-state index is 0.0324. The summed E-state index contributed by atoms with van der Waals surface area (Å²) in [6.45, 7) is 3.41. The van der Waals surface area contributed by atoms with Gasteiger partial charge in [-0.25, -0.2) is 4.39 Å². The molecule has 1 aliphatic carbocycles. The number of carbonyl (C=O) groups is 2. The maximum atomic E-state index is 13.1. The topological polar surface area (TPSA) is 58.6 Å². The highest BCUT2D eigenvalue weighted by Crippen LogP contribution is 2.38. The Morgan fingerprint density at radius 3 is 2.84 bits per heavy atom. The van der Waals surface area contributed by atoms with Crippen LogP contribution in [0, 0.1) is 17.7 Å². The number of amides is 2. The van der Waals surface area contributed by atoms with Crippen molar-refractivity contribution in [2.24, 2.45) is 11.8 Å². The van der Waals surface area contributed by atoms with Gasteiger partial charge in [0.05, 0.1) is 13.0 Å². The lowest BCUT2D eigenvalue weighted by Gasteiger charge is -2.39. The van der Waals surface area contributed by atoms with Gasteiger partial charge in [-0.3, -0.25) is 9.59 Å². The van der Waals surface area contributed by atoms with Crippen molar-refractivity contribution in [1.82, 2.24) is 10.2 Å². The van der Waals surface area contributed by atoms with Gasteiger partial charge >= 0.3 is 0 Å². The highest BCUT2D eigenvalue weighted by molar-refractivity contribution is 5.76. The Hall–Kier alpha value is -2.11. The highest BCUT2D eigenvalue weighted by Gasteiger charge is 2.39. The summed E-state index contributed by atoms with van der Waals surface area (Å²) in [6, 6.07) is 6.26. The third kappa shape index (κ3) is 4.71. The van der Waals surface area contributed by atoms with E-state index in [0.29, 0.717) is 30.0 Å². The molecule has 1 saturated heterocycles. The Labute approximate surface area is 147 Å². The molecular weight excluding hydrogens is 323 g/mol. The molecule has 1 saturated carbocycles. The molecule has 2 fully saturated rings. The summed E-state index contributed by atoms with van der Waals surface area (Å²) in [6.07, 6.45) is 3.39. The summed E-state index contributed by atoms with van der Waals surface area (Å²) >= 11 is 0. The smallest absolute Gasteiger partial charge is 0.226 e. The van der Waals surface area contributed by atoms with Crippen molar-refractivity contribution in [2.45, 2.75) is 38.6 Å². The van der Waals surface area contributed by atoms with Crippen molar-refractivity contribution in [3.05, 3.63) is 30.1 Å². The molecule has 25 heavy (non-hydrogen) atoms. The average Bonchev–Trinajstić information content (AvgIpc) is 2.99. The van der Waals surface area contributed by atoms with Crippen LogP contribution in [0.4, 0.5) is 4.39 Å². The first-order chi connectivity index (χ1) is 12.0. The molecule has 5 nitrogen and oxygen atoms in total. The number of carbonyl (C=O) groups excluding carboxylic acids is 2. The zero-order valence-electron chi connectivity index (χ0n) is 14.5. The fourth-order valence-electron chi connectivity index (χ4n) is 3.82. The maximum Gasteiger partial charge on any atom is 0.226 e. The van der Waals surface area contributed by atoms with E-state index in [9.17, 15) is 14.0 Å². The van der Waals surface area contributed by atoms with Gasteiger partial charge in [-0.1, -0.05) is 6.07 Å². The maximum absolute atomic E-state index is 13.1. The lowest BCUT2D eigenvalue weighted by Crippen LogP contribution is -2.46. The molecule has 0 bridgehead atoms. The van der Waals surface area contributed by atoms with Gasteiger partial charge in [-0.15, -0.1) is 0 Å². The summed E-state index contributed by atoms with van der Waals surface area (Å²) in [5.74, 6) is 1.38. The van der Waals surface area contributed by atoms with Crippen LogP contribution in [0.15, 0.2) is 24.3 Å². The number of hydrogen-bond donors (Lipinski definition) is 1. The van der Waals surface area contributed by atoms with Crippen molar-refractivity contribution in [1.29, 1.82) is 0 Å². The molecule has 2 aliphatic rings. The Bertz CT molecular complexity index is 631. The number of benzene rings is 1. The number of rotatable bonds is 6. The van der Waals surface area contributed by atoms with E-state index in [1.165, 1.54) is 12.1 Å². The van der Waals surface area contributed by atoms with Crippen LogP contribution in [0.25, 0.3) is 0 Å². The Morgan fingerprint density at radius 2 is 2.12 bits per heavy atom. The molecule has 0 aromatic heterocycles. The molecule has 0 spiro atoms. The molecule has 0 radical (unpaired) electrons. The fraction of sp³-hybridized carbons (Fsp3) is 0.579. The van der Waals surface area contributed by atoms with Crippen molar-refractivity contribution in [3.8, 4) is 5.75 Å². The summed E-state index contributed by atoms with van der Waals surface area (Å²) in [5, 5.41) is 2.95. The molecule has 1 unspecified atom stereocenters. The van der Waals surface area contributed by atoms with Gasteiger partial charge in [-0.2, -0.15) is 0 Å². The molecule has 2 amide bonds. The van der Waals surface area contributed by atoms with Gasteiger partial charge < -0.3 is 15.0 Å². The van der Waals surface area contributed by atoms with Crippen molar-refractivity contribution >= 4 is 11.8 Å². The number of nitrogens with zero attached hydrogens (tertiary/aromatic N) is 1. The average molecular weight is 348 g/mol. The lowest BCUT2D eigenvalue weighted by molar-refractivity contribution is -0.130. The van der Waals surface area contributed by atoms with Crippen LogP contribution in [0.3, 0.4) is 0 Å². The Morgan fingerprint density at radius 1 is 1.32 bits per heavy atom. The molecule has 1 aliphatic heterocycles. The molecule has 1 atom stereocenters. The molecule has 1 aromatic carbocycles. The molecule has 136 valence electrons. The predicted molar refractivity (Wildman–Crippen MR) is 91.5 cm³/mol. The fourth-order valence-corrected chi connectivity index (χ4v) is 3.82. The van der Waals surface area contributed by atoms with E-state index in [4.69, 9.17) is 4.74 Å². The van der Waals surface area contributed by atoms with E-state index < -0.39 is 0 Å². The van der Waals surface area contributed by atoms with Crippen molar-refractivity contribution in [2.75, 3.05) is 19.7 Å². The largest absolute Gasteiger partial charge is 0.493 e. The van der Waals surface area contributed by atoms with E-state index in [1.54, 1.807) is 19.1 Å². The van der Waals surface area contributed by atoms with Crippen LogP contribution in [0.5, 0.6) is 5.75 Å². The number of nitrogens with one attached hydrogen (secondary N) is 1. The van der Waals surface area contributed by atoms with Crippen LogP contribution < -0.4 is 10.1 Å². The molecular formula is C19H25FN2O3. The third-order valence-corrected chi connectivity index (χ3v) is 5.21. The number of halogens is 1. The highest BCUT2D eigenvalue weighted by atomic mass is 19.1. The first-order valence-corrected chi connectivity index (χ1v) is 8.94. The molecule has 6 heteroatoms. The van der Waals surface area contributed by atoms with E-state index in [2.05, 4.69) is 5.32 Å². The van der Waals surface area contributed by atoms with Gasteiger partial charge in [0.25, 0.3) is 0 Å². The summed E-state index contributed by atoms with van der Waals surface area (Å²) in [5.41, 5.74) is 0. The summed E-state index contributed by atoms with van der Waals surface area (Å²) in [4.78, 5) is 25.3. The van der Waals surface area contributed by atoms with Gasteiger partial charge in [0.2, 0.25) is 11.8 Å². The predicted octanol–water partition coefficient (Wildman–Crippen LogP) is 2.36. The van der Waals surface area contributed by atoms with Crippen LogP contribution in [-0.4, -0.2) is 42.5 Å². The first kappa shape index (κ1) is 17.7. The van der Waals surface area contributed by atoms with E-state index >= 15 is 0 Å². The number of ether oxygens (including phenoxy) is 1. The van der Waals surface area contributed by atoms with E-state index in [0.717, 1.165) is 32.4 Å². The van der Waals surface area contributed by atoms with Crippen LogP contribution in [0.2, 0.25) is 0 Å². The second-order valence-electron chi connectivity index (χ2n) is 7.07. The normalized spacial score (nSPS) is 25.4. The zero-order valence-corrected chi connectivity index (χ0v) is 14.5. The van der Waals surface area contributed by atoms with E-state index in [1.807, 2.05) is 4.90 Å². The standard InChI is InChI=1S/C19H25FN2O3/c1-13(23)21-17-9-15(10-17)14-5-7-22(12-14)19(24)6-8-25-18-4-2-3-16(20)11-18/h2-4,11,14-15,17H,5-10,12H2,1H3,(H,21,23). The molecule has 1 heterocycles. The van der Waals surface area contributed by atoms with Gasteiger partial charge in [0.15, 0.2) is 0 Å². The lowest BCUT2D eigenvalue weighted by atomic mass is 9.72. The summed E-state index contributed by atoms with van der Waals surface area (Å²) in [7, 11) is 0. The van der Waals surface area contributed by atoms with E-state index in [-0.39, 0.29) is 24.2 Å². The zero-order chi connectivity index (χ0) is 17.8.